The molecule has 2 fully saturated rings. The van der Waals surface area contributed by atoms with E-state index in [0.717, 1.165) is 52.2 Å². The van der Waals surface area contributed by atoms with Crippen molar-refractivity contribution in [2.45, 2.75) is 31.2 Å². The van der Waals surface area contributed by atoms with Gasteiger partial charge < -0.3 is 9.88 Å². The van der Waals surface area contributed by atoms with Crippen LogP contribution in [0.1, 0.15) is 31.0 Å². The van der Waals surface area contributed by atoms with Gasteiger partial charge in [-0.25, -0.2) is 9.37 Å². The zero-order valence-corrected chi connectivity index (χ0v) is 21.4. The van der Waals surface area contributed by atoms with Crippen molar-refractivity contribution < 1.29 is 14.0 Å². The summed E-state index contributed by atoms with van der Waals surface area (Å²) >= 11 is 6.54. The number of H-pyrrole nitrogens is 2. The van der Waals surface area contributed by atoms with Gasteiger partial charge in [0.15, 0.2) is 5.78 Å². The molecule has 1 unspecified atom stereocenters. The van der Waals surface area contributed by atoms with Crippen molar-refractivity contribution in [2.75, 3.05) is 13.1 Å². The van der Waals surface area contributed by atoms with E-state index in [1.807, 2.05) is 23.1 Å². The molecule has 39 heavy (non-hydrogen) atoms. The van der Waals surface area contributed by atoms with Crippen LogP contribution in [-0.4, -0.2) is 62.1 Å². The topological polar surface area (TPSA) is 107 Å². The van der Waals surface area contributed by atoms with Crippen molar-refractivity contribution in [3.8, 4) is 11.3 Å². The molecule has 2 aliphatic carbocycles. The van der Waals surface area contributed by atoms with Crippen molar-refractivity contribution in [3.05, 3.63) is 81.7 Å². The summed E-state index contributed by atoms with van der Waals surface area (Å²) in [7, 11) is 0. The van der Waals surface area contributed by atoms with E-state index in [2.05, 4.69) is 20.2 Å². The molecular formula is C29H22ClFN6O2. The first kappa shape index (κ1) is 22.8. The van der Waals surface area contributed by atoms with E-state index >= 15 is 4.39 Å². The van der Waals surface area contributed by atoms with E-state index in [9.17, 15) is 9.59 Å². The highest BCUT2D eigenvalue weighted by molar-refractivity contribution is 6.40. The molecule has 8 rings (SSSR count). The zero-order chi connectivity index (χ0) is 26.5. The van der Waals surface area contributed by atoms with Gasteiger partial charge in [0.1, 0.15) is 11.7 Å². The number of ketones is 1. The molecule has 1 spiro atoms. The lowest BCUT2D eigenvalue weighted by molar-refractivity contribution is -0.129. The Bertz CT molecular complexity index is 1780. The number of allylic oxidation sites excluding steroid dienone is 6. The molecule has 2 N–H and O–H groups in total. The van der Waals surface area contributed by atoms with E-state index in [1.54, 1.807) is 12.4 Å². The molecule has 1 aromatic carbocycles. The zero-order valence-electron chi connectivity index (χ0n) is 20.7. The molecule has 2 atom stereocenters. The molecular weight excluding hydrogens is 519 g/mol. The number of carbonyl (C=O) groups is 2. The fraction of sp³-hybridized carbons (Fsp3) is 0.276. The first-order chi connectivity index (χ1) is 18.9. The number of hydrogen-bond acceptors (Lipinski definition) is 5. The highest BCUT2D eigenvalue weighted by Gasteiger charge is 2.62. The summed E-state index contributed by atoms with van der Waals surface area (Å²) in [5.74, 6) is -0.778. The Hall–Kier alpha value is -4.11. The van der Waals surface area contributed by atoms with Gasteiger partial charge in [-0.05, 0) is 47.8 Å². The Morgan fingerprint density at radius 3 is 2.87 bits per heavy atom. The molecule has 2 aromatic heterocycles. The van der Waals surface area contributed by atoms with Gasteiger partial charge in [0, 0.05) is 47.2 Å². The van der Waals surface area contributed by atoms with Gasteiger partial charge in [0.25, 0.3) is 0 Å². The van der Waals surface area contributed by atoms with Gasteiger partial charge in [-0.2, -0.15) is 5.10 Å². The number of hydrogen-bond donors (Lipinski definition) is 2. The molecule has 3 aliphatic heterocycles. The molecule has 0 bridgehead atoms. The number of carbonyl (C=O) groups excluding carboxylic acids is 2. The van der Waals surface area contributed by atoms with Crippen molar-refractivity contribution >= 4 is 40.4 Å². The minimum absolute atomic E-state index is 0.117. The average Bonchev–Trinajstić information content (AvgIpc) is 3.24. The SMILES string of the molecule is O=C1C=C(F)C2=C(Cl)C=NCC3=C(C2=C1)C(c1ncc(-c2ccc4[nH]ncc4c2)[nH]1)CN1C(=O)CC2(CC2)[C@H]31. The summed E-state index contributed by atoms with van der Waals surface area (Å²) < 4.78 is 15.3. The number of aliphatic imine (C=N–C) groups is 1. The van der Waals surface area contributed by atoms with Crippen LogP contribution in [0.5, 0.6) is 0 Å². The number of nitrogens with one attached hydrogen (secondary N) is 2. The first-order valence-corrected chi connectivity index (χ1v) is 13.3. The molecule has 5 heterocycles. The number of benzene rings is 1. The fourth-order valence-electron chi connectivity index (χ4n) is 6.86. The number of imidazole rings is 1. The van der Waals surface area contributed by atoms with Crippen LogP contribution in [0.25, 0.3) is 22.2 Å². The van der Waals surface area contributed by atoms with Crippen LogP contribution in [0, 0.1) is 5.41 Å². The summed E-state index contributed by atoms with van der Waals surface area (Å²) in [6.45, 7) is 0.691. The van der Waals surface area contributed by atoms with Crippen LogP contribution in [0.15, 0.2) is 80.9 Å². The molecule has 3 aromatic rings. The predicted molar refractivity (Wildman–Crippen MR) is 144 cm³/mol. The number of aromatic amines is 2. The summed E-state index contributed by atoms with van der Waals surface area (Å²) in [5, 5.41) is 8.17. The third-order valence-corrected chi connectivity index (χ3v) is 9.03. The van der Waals surface area contributed by atoms with Crippen molar-refractivity contribution in [1.82, 2.24) is 25.1 Å². The molecule has 1 amide bonds. The number of aromatic nitrogens is 4. The van der Waals surface area contributed by atoms with Gasteiger partial charge in [-0.1, -0.05) is 17.7 Å². The van der Waals surface area contributed by atoms with Crippen LogP contribution in [0.3, 0.4) is 0 Å². The number of halogens is 2. The monoisotopic (exact) mass is 540 g/mol. The molecule has 1 saturated heterocycles. The van der Waals surface area contributed by atoms with Crippen molar-refractivity contribution in [1.29, 1.82) is 0 Å². The van der Waals surface area contributed by atoms with Gasteiger partial charge in [-0.3, -0.25) is 19.7 Å². The number of amides is 1. The molecule has 0 radical (unpaired) electrons. The van der Waals surface area contributed by atoms with E-state index < -0.39 is 17.5 Å². The van der Waals surface area contributed by atoms with E-state index in [1.165, 1.54) is 12.3 Å². The third kappa shape index (κ3) is 3.32. The largest absolute Gasteiger partial charge is 0.341 e. The summed E-state index contributed by atoms with van der Waals surface area (Å²) in [6, 6.07) is 5.83. The molecule has 5 aliphatic rings. The van der Waals surface area contributed by atoms with E-state index in [0.29, 0.717) is 30.9 Å². The van der Waals surface area contributed by atoms with Gasteiger partial charge in [0.2, 0.25) is 5.91 Å². The van der Waals surface area contributed by atoms with Crippen molar-refractivity contribution in [3.63, 3.8) is 0 Å². The Kier molecular flexibility index (Phi) is 4.66. The van der Waals surface area contributed by atoms with Gasteiger partial charge >= 0.3 is 0 Å². The first-order valence-electron chi connectivity index (χ1n) is 13.0. The minimum atomic E-state index is -0.680. The second kappa shape index (κ2) is 7.95. The number of rotatable bonds is 2. The van der Waals surface area contributed by atoms with Crippen LogP contribution >= 0.6 is 11.6 Å². The molecule has 10 heteroatoms. The Balaban J connectivity index is 1.32. The minimum Gasteiger partial charge on any atom is -0.341 e. The van der Waals surface area contributed by atoms with Crippen LogP contribution in [-0.2, 0) is 9.59 Å². The summed E-state index contributed by atoms with van der Waals surface area (Å²) in [5.41, 5.74) is 4.92. The second-order valence-corrected chi connectivity index (χ2v) is 11.4. The number of nitrogens with zero attached hydrogens (tertiary/aromatic N) is 4. The van der Waals surface area contributed by atoms with Crippen LogP contribution < -0.4 is 0 Å². The van der Waals surface area contributed by atoms with Gasteiger partial charge in [-0.15, -0.1) is 0 Å². The highest BCUT2D eigenvalue weighted by atomic mass is 35.5. The molecule has 194 valence electrons. The predicted octanol–water partition coefficient (Wildman–Crippen LogP) is 4.67. The van der Waals surface area contributed by atoms with E-state index in [-0.39, 0.29) is 28.0 Å². The Labute approximate surface area is 227 Å². The fourth-order valence-corrected chi connectivity index (χ4v) is 7.12. The van der Waals surface area contributed by atoms with Crippen LogP contribution in [0.4, 0.5) is 4.39 Å². The normalized spacial score (nSPS) is 25.4. The standard InChI is InChI=1S/C29H22ClFN6O2/c30-20-11-32-10-18-25(17-6-16(38)7-21(31)26(17)20)19(13-37-24(39)8-29(3-4-29)27(18)37)28-33-12-23(35-28)14-1-2-22-15(5-14)9-34-36-22/h1-2,5-7,9,11-12,19,27H,3-4,8,10,13H2,(H,33,35)(H,34,36)/t19?,27-/m0/s1. The molecule has 8 nitrogen and oxygen atoms in total. The maximum Gasteiger partial charge on any atom is 0.223 e. The third-order valence-electron chi connectivity index (χ3n) is 8.75. The van der Waals surface area contributed by atoms with E-state index in [4.69, 9.17) is 16.6 Å². The molecule has 1 saturated carbocycles. The average molecular weight is 541 g/mol. The lowest BCUT2D eigenvalue weighted by atomic mass is 9.74. The Morgan fingerprint density at radius 1 is 1.15 bits per heavy atom. The highest BCUT2D eigenvalue weighted by Crippen LogP contribution is 2.62. The quantitative estimate of drug-likeness (QED) is 0.492. The Morgan fingerprint density at radius 2 is 2.03 bits per heavy atom. The summed E-state index contributed by atoms with van der Waals surface area (Å²) in [4.78, 5) is 40.7. The number of fused-ring (bicyclic) bond motifs is 6. The maximum atomic E-state index is 15.3. The summed E-state index contributed by atoms with van der Waals surface area (Å²) in [6.07, 6.45) is 9.83. The lowest BCUT2D eigenvalue weighted by Gasteiger charge is -2.42. The lowest BCUT2D eigenvalue weighted by Crippen LogP contribution is -2.46. The smallest absolute Gasteiger partial charge is 0.223 e. The van der Waals surface area contributed by atoms with Crippen molar-refractivity contribution in [2.24, 2.45) is 10.4 Å². The van der Waals surface area contributed by atoms with Crippen LogP contribution in [0.2, 0.25) is 0 Å². The maximum absolute atomic E-state index is 15.3. The second-order valence-electron chi connectivity index (χ2n) is 11.0. The van der Waals surface area contributed by atoms with Gasteiger partial charge in [0.05, 0.1) is 47.1 Å².